The molecule has 1 atom stereocenters. The third-order valence-corrected chi connectivity index (χ3v) is 5.73. The molecular formula is C21H19N5O2S. The van der Waals surface area contributed by atoms with Crippen molar-refractivity contribution in [2.24, 2.45) is 0 Å². The summed E-state index contributed by atoms with van der Waals surface area (Å²) < 4.78 is 0. The molecule has 0 radical (unpaired) electrons. The fourth-order valence-corrected chi connectivity index (χ4v) is 4.24. The number of aryl methyl sites for hydroxylation is 2. The summed E-state index contributed by atoms with van der Waals surface area (Å²) in [6.45, 7) is 4.39. The van der Waals surface area contributed by atoms with Gasteiger partial charge in [0.25, 0.3) is 0 Å². The van der Waals surface area contributed by atoms with Crippen LogP contribution < -0.4 is 0 Å². The van der Waals surface area contributed by atoms with Crippen molar-refractivity contribution in [3.63, 3.8) is 0 Å². The number of aromatic nitrogens is 4. The highest BCUT2D eigenvalue weighted by atomic mass is 32.2. The first-order chi connectivity index (χ1) is 14.0. The number of rotatable bonds is 5. The van der Waals surface area contributed by atoms with Gasteiger partial charge in [0, 0.05) is 48.8 Å². The molecule has 0 aliphatic carbocycles. The molecule has 1 aliphatic rings. The van der Waals surface area contributed by atoms with Crippen LogP contribution in [0.4, 0.5) is 0 Å². The first kappa shape index (κ1) is 19.1. The maximum atomic E-state index is 11.8. The van der Waals surface area contributed by atoms with Crippen LogP contribution in [-0.4, -0.2) is 41.3 Å². The first-order valence-electron chi connectivity index (χ1n) is 9.04. The van der Waals surface area contributed by atoms with E-state index in [0.29, 0.717) is 12.4 Å². The standard InChI is InChI=1S/C21H19N5O2S/c1-13-8-15(10-25-18(13)16-4-7-22-14(2)9-16)11-26-12-17(29-20(26)21(27)28)19-23-5-3-6-24-19/h3-10,12,20H,11H2,1-2H3,(H,27,28). The fraction of sp³-hybridized carbons (Fsp3) is 0.190. The Bertz CT molecular complexity index is 1090. The minimum atomic E-state index is -0.897. The number of pyridine rings is 2. The zero-order valence-electron chi connectivity index (χ0n) is 16.0. The molecule has 0 saturated heterocycles. The summed E-state index contributed by atoms with van der Waals surface area (Å²) in [5.74, 6) is -0.366. The van der Waals surface area contributed by atoms with Gasteiger partial charge in [-0.3, -0.25) is 9.97 Å². The number of carboxylic acid groups (broad SMARTS) is 1. The van der Waals surface area contributed by atoms with E-state index in [1.54, 1.807) is 35.8 Å². The summed E-state index contributed by atoms with van der Waals surface area (Å²) in [5.41, 5.74) is 4.83. The molecule has 0 aromatic carbocycles. The Hall–Kier alpha value is -3.26. The summed E-state index contributed by atoms with van der Waals surface area (Å²) in [5, 5.41) is 8.92. The topological polar surface area (TPSA) is 92.1 Å². The number of aliphatic carboxylic acids is 1. The monoisotopic (exact) mass is 405 g/mol. The Morgan fingerprint density at radius 3 is 2.62 bits per heavy atom. The zero-order valence-corrected chi connectivity index (χ0v) is 16.8. The Kier molecular flexibility index (Phi) is 5.26. The van der Waals surface area contributed by atoms with Crippen molar-refractivity contribution in [2.45, 2.75) is 25.8 Å². The number of hydrogen-bond donors (Lipinski definition) is 1. The Labute approximate surface area is 172 Å². The number of carbonyl (C=O) groups is 1. The maximum absolute atomic E-state index is 11.8. The first-order valence-corrected chi connectivity index (χ1v) is 9.92. The highest BCUT2D eigenvalue weighted by Gasteiger charge is 2.33. The third-order valence-electron chi connectivity index (χ3n) is 4.49. The van der Waals surface area contributed by atoms with Gasteiger partial charge in [0.2, 0.25) is 0 Å². The van der Waals surface area contributed by atoms with Gasteiger partial charge in [0.05, 0.1) is 10.6 Å². The van der Waals surface area contributed by atoms with E-state index in [1.165, 1.54) is 11.8 Å². The third kappa shape index (κ3) is 4.12. The smallest absolute Gasteiger partial charge is 0.337 e. The molecule has 0 fully saturated rings. The lowest BCUT2D eigenvalue weighted by atomic mass is 10.1. The lowest BCUT2D eigenvalue weighted by Crippen LogP contribution is -2.31. The van der Waals surface area contributed by atoms with Crippen molar-refractivity contribution in [3.05, 3.63) is 77.9 Å². The van der Waals surface area contributed by atoms with Crippen LogP contribution in [0.5, 0.6) is 0 Å². The van der Waals surface area contributed by atoms with Crippen molar-refractivity contribution < 1.29 is 9.90 Å². The van der Waals surface area contributed by atoms with E-state index in [4.69, 9.17) is 0 Å². The van der Waals surface area contributed by atoms with E-state index in [1.807, 2.05) is 38.2 Å². The second-order valence-electron chi connectivity index (χ2n) is 6.74. The largest absolute Gasteiger partial charge is 0.479 e. The molecule has 8 heteroatoms. The lowest BCUT2D eigenvalue weighted by molar-refractivity contribution is -0.139. The van der Waals surface area contributed by atoms with Crippen LogP contribution in [0.1, 0.15) is 22.6 Å². The molecule has 3 aromatic rings. The van der Waals surface area contributed by atoms with E-state index in [0.717, 1.165) is 33.0 Å². The van der Waals surface area contributed by atoms with Gasteiger partial charge >= 0.3 is 5.97 Å². The second-order valence-corrected chi connectivity index (χ2v) is 7.86. The van der Waals surface area contributed by atoms with Gasteiger partial charge in [-0.15, -0.1) is 0 Å². The van der Waals surface area contributed by atoms with Gasteiger partial charge in [-0.2, -0.15) is 0 Å². The number of thioether (sulfide) groups is 1. The summed E-state index contributed by atoms with van der Waals surface area (Å²) in [6, 6.07) is 7.72. The summed E-state index contributed by atoms with van der Waals surface area (Å²) >= 11 is 1.24. The van der Waals surface area contributed by atoms with Crippen LogP contribution in [0.3, 0.4) is 0 Å². The predicted octanol–water partition coefficient (Wildman–Crippen LogP) is 3.51. The molecule has 1 N–H and O–H groups in total. The molecule has 4 rings (SSSR count). The summed E-state index contributed by atoms with van der Waals surface area (Å²) in [7, 11) is 0. The van der Waals surface area contributed by atoms with E-state index >= 15 is 0 Å². The van der Waals surface area contributed by atoms with E-state index in [-0.39, 0.29) is 0 Å². The van der Waals surface area contributed by atoms with Crippen LogP contribution in [0.2, 0.25) is 0 Å². The number of carboxylic acids is 1. The lowest BCUT2D eigenvalue weighted by Gasteiger charge is -2.21. The van der Waals surface area contributed by atoms with Gasteiger partial charge < -0.3 is 10.0 Å². The molecule has 29 heavy (non-hydrogen) atoms. The van der Waals surface area contributed by atoms with Gasteiger partial charge in [0.15, 0.2) is 11.2 Å². The van der Waals surface area contributed by atoms with Gasteiger partial charge in [0.1, 0.15) is 0 Å². The van der Waals surface area contributed by atoms with Crippen molar-refractivity contribution in [1.82, 2.24) is 24.8 Å². The van der Waals surface area contributed by atoms with Crippen LogP contribution >= 0.6 is 11.8 Å². The van der Waals surface area contributed by atoms with E-state index in [9.17, 15) is 9.90 Å². The summed E-state index contributed by atoms with van der Waals surface area (Å²) in [6.07, 6.45) is 8.68. The number of hydrogen-bond acceptors (Lipinski definition) is 7. The average molecular weight is 405 g/mol. The van der Waals surface area contributed by atoms with Crippen molar-refractivity contribution in [2.75, 3.05) is 0 Å². The second kappa shape index (κ2) is 8.00. The van der Waals surface area contributed by atoms with E-state index < -0.39 is 11.3 Å². The molecule has 3 aromatic heterocycles. The molecule has 1 unspecified atom stereocenters. The zero-order chi connectivity index (χ0) is 20.4. The Morgan fingerprint density at radius 2 is 1.93 bits per heavy atom. The highest BCUT2D eigenvalue weighted by molar-refractivity contribution is 8.09. The molecule has 4 heterocycles. The molecule has 0 amide bonds. The Balaban J connectivity index is 1.59. The molecule has 146 valence electrons. The molecule has 1 aliphatic heterocycles. The molecular weight excluding hydrogens is 386 g/mol. The quantitative estimate of drug-likeness (QED) is 0.689. The minimum absolute atomic E-state index is 0.434. The molecule has 0 bridgehead atoms. The normalized spacial score (nSPS) is 16.0. The van der Waals surface area contributed by atoms with Crippen molar-refractivity contribution in [3.8, 4) is 11.3 Å². The van der Waals surface area contributed by atoms with Crippen LogP contribution in [0, 0.1) is 13.8 Å². The van der Waals surface area contributed by atoms with Gasteiger partial charge in [-0.1, -0.05) is 17.8 Å². The molecule has 0 spiro atoms. The highest BCUT2D eigenvalue weighted by Crippen LogP contribution is 2.39. The average Bonchev–Trinajstić information content (AvgIpc) is 3.13. The van der Waals surface area contributed by atoms with Crippen LogP contribution in [0.15, 0.2) is 55.3 Å². The number of nitrogens with zero attached hydrogens (tertiary/aromatic N) is 5. The van der Waals surface area contributed by atoms with Crippen LogP contribution in [0.25, 0.3) is 16.2 Å². The fourth-order valence-electron chi connectivity index (χ4n) is 3.22. The van der Waals surface area contributed by atoms with E-state index in [2.05, 4.69) is 19.9 Å². The minimum Gasteiger partial charge on any atom is -0.479 e. The van der Waals surface area contributed by atoms with Crippen molar-refractivity contribution >= 4 is 22.6 Å². The van der Waals surface area contributed by atoms with Gasteiger partial charge in [-0.05, 0) is 43.2 Å². The predicted molar refractivity (Wildman–Crippen MR) is 112 cm³/mol. The molecule has 0 saturated carbocycles. The Morgan fingerprint density at radius 1 is 1.14 bits per heavy atom. The van der Waals surface area contributed by atoms with Crippen molar-refractivity contribution in [1.29, 1.82) is 0 Å². The maximum Gasteiger partial charge on any atom is 0.337 e. The van der Waals surface area contributed by atoms with Gasteiger partial charge in [-0.25, -0.2) is 14.8 Å². The van der Waals surface area contributed by atoms with Crippen LogP contribution in [-0.2, 0) is 11.3 Å². The molecule has 7 nitrogen and oxygen atoms in total. The summed E-state index contributed by atoms with van der Waals surface area (Å²) in [4.78, 5) is 31.6. The SMILES string of the molecule is Cc1cc(-c2ncc(CN3C=C(c4ncccn4)SC3C(=O)O)cc2C)ccn1.